The molecule has 0 unspecified atom stereocenters. The van der Waals surface area contributed by atoms with E-state index in [1.165, 1.54) is 35.6 Å². The number of carbonyl (C=O) groups excluding carboxylic acids is 2. The Hall–Kier alpha value is -2.74. The summed E-state index contributed by atoms with van der Waals surface area (Å²) < 4.78 is 5.22. The van der Waals surface area contributed by atoms with Gasteiger partial charge in [-0.15, -0.1) is 11.3 Å². The number of nitro groups is 1. The number of hydrogen-bond donors (Lipinski definition) is 1. The van der Waals surface area contributed by atoms with Crippen LogP contribution in [0.25, 0.3) is 0 Å². The molecule has 2 aromatic rings. The maximum absolute atomic E-state index is 12.6. The van der Waals surface area contributed by atoms with Gasteiger partial charge in [-0.1, -0.05) is 13.3 Å². The molecule has 1 aliphatic carbocycles. The lowest BCUT2D eigenvalue weighted by atomic mass is 9.85. The molecule has 3 rings (SSSR count). The Balaban J connectivity index is 1.90. The Bertz CT molecular complexity index is 904. The van der Waals surface area contributed by atoms with Crippen LogP contribution in [-0.2, 0) is 17.6 Å². The Kier molecular flexibility index (Phi) is 6.08. The number of amides is 1. The van der Waals surface area contributed by atoms with E-state index in [1.807, 2.05) is 0 Å². The van der Waals surface area contributed by atoms with Crippen molar-refractivity contribution < 1.29 is 19.2 Å². The van der Waals surface area contributed by atoms with Gasteiger partial charge in [-0.3, -0.25) is 14.9 Å². The van der Waals surface area contributed by atoms with Crippen LogP contribution in [-0.4, -0.2) is 23.4 Å². The molecule has 0 spiro atoms. The van der Waals surface area contributed by atoms with Crippen LogP contribution in [0.4, 0.5) is 10.7 Å². The quantitative estimate of drug-likeness (QED) is 0.432. The van der Waals surface area contributed by atoms with Gasteiger partial charge in [0, 0.05) is 22.6 Å². The van der Waals surface area contributed by atoms with Crippen LogP contribution in [0.3, 0.4) is 0 Å². The molecule has 1 heterocycles. The summed E-state index contributed by atoms with van der Waals surface area (Å²) in [6.45, 7) is 4.17. The first-order chi connectivity index (χ1) is 13.4. The van der Waals surface area contributed by atoms with Crippen LogP contribution < -0.4 is 5.32 Å². The van der Waals surface area contributed by atoms with Crippen molar-refractivity contribution in [1.29, 1.82) is 0 Å². The number of hydrogen-bond acceptors (Lipinski definition) is 6. The van der Waals surface area contributed by atoms with E-state index in [-0.39, 0.29) is 12.3 Å². The smallest absolute Gasteiger partial charge is 0.341 e. The number of nitrogens with zero attached hydrogens (tertiary/aromatic N) is 1. The molecular formula is C20H22N2O5S. The third-order valence-electron chi connectivity index (χ3n) is 4.99. The number of nitrogens with one attached hydrogen (secondary N) is 1. The highest BCUT2D eigenvalue weighted by Crippen LogP contribution is 2.41. The number of thiophene rings is 1. The minimum absolute atomic E-state index is 0.0824. The normalized spacial score (nSPS) is 15.6. The maximum atomic E-state index is 12.6. The highest BCUT2D eigenvalue weighted by atomic mass is 32.1. The predicted molar refractivity (Wildman–Crippen MR) is 107 cm³/mol. The number of benzene rings is 1. The molecule has 1 amide bonds. The molecule has 7 nitrogen and oxygen atoms in total. The molecule has 8 heteroatoms. The van der Waals surface area contributed by atoms with Crippen LogP contribution in [0.5, 0.6) is 0 Å². The molecule has 1 aromatic heterocycles. The zero-order valence-electron chi connectivity index (χ0n) is 15.8. The molecule has 0 aliphatic heterocycles. The largest absolute Gasteiger partial charge is 0.462 e. The van der Waals surface area contributed by atoms with Crippen molar-refractivity contribution in [2.24, 2.45) is 5.92 Å². The SMILES string of the molecule is CCOC(=O)c1c(NC(=O)c2ccc([N+](=O)[O-])cc2)sc2c1CC[C@@H](CC)C2. The molecule has 1 aliphatic rings. The lowest BCUT2D eigenvalue weighted by Crippen LogP contribution is -2.17. The molecule has 28 heavy (non-hydrogen) atoms. The molecule has 0 saturated carbocycles. The highest BCUT2D eigenvalue weighted by Gasteiger charge is 2.30. The molecule has 0 fully saturated rings. The lowest BCUT2D eigenvalue weighted by molar-refractivity contribution is -0.384. The fourth-order valence-electron chi connectivity index (χ4n) is 3.42. The van der Waals surface area contributed by atoms with Crippen molar-refractivity contribution in [3.63, 3.8) is 0 Å². The third-order valence-corrected chi connectivity index (χ3v) is 6.16. The second-order valence-electron chi connectivity index (χ2n) is 6.70. The van der Waals surface area contributed by atoms with Crippen LogP contribution >= 0.6 is 11.3 Å². The van der Waals surface area contributed by atoms with Gasteiger partial charge in [0.1, 0.15) is 5.00 Å². The second kappa shape index (κ2) is 8.52. The molecule has 148 valence electrons. The Morgan fingerprint density at radius 2 is 2.00 bits per heavy atom. The van der Waals surface area contributed by atoms with E-state index in [4.69, 9.17) is 4.74 Å². The average molecular weight is 402 g/mol. The number of non-ortho nitro benzene ring substituents is 1. The molecule has 0 saturated heterocycles. The first-order valence-corrected chi connectivity index (χ1v) is 10.1. The van der Waals surface area contributed by atoms with E-state index >= 15 is 0 Å². The summed E-state index contributed by atoms with van der Waals surface area (Å²) in [4.78, 5) is 36.6. The molecule has 0 bridgehead atoms. The number of fused-ring (bicyclic) bond motifs is 1. The number of anilines is 1. The van der Waals surface area contributed by atoms with E-state index in [2.05, 4.69) is 12.2 Å². The Labute approximate surface area is 166 Å². The number of esters is 1. The van der Waals surface area contributed by atoms with Crippen molar-refractivity contribution >= 4 is 33.9 Å². The average Bonchev–Trinajstić information content (AvgIpc) is 3.04. The standard InChI is InChI=1S/C20H22N2O5S/c1-3-12-5-10-15-16(11-12)28-19(17(15)20(24)27-4-2)21-18(23)13-6-8-14(9-7-13)22(25)26/h6-9,12H,3-5,10-11H2,1-2H3,(H,21,23)/t12-/m1/s1. The highest BCUT2D eigenvalue weighted by molar-refractivity contribution is 7.17. The van der Waals surface area contributed by atoms with E-state index in [9.17, 15) is 19.7 Å². The minimum atomic E-state index is -0.516. The first kappa shape index (κ1) is 20.0. The van der Waals surface area contributed by atoms with Crippen LogP contribution in [0.2, 0.25) is 0 Å². The van der Waals surface area contributed by atoms with Gasteiger partial charge in [0.25, 0.3) is 11.6 Å². The monoisotopic (exact) mass is 402 g/mol. The van der Waals surface area contributed by atoms with Crippen molar-refractivity contribution in [3.8, 4) is 0 Å². The van der Waals surface area contributed by atoms with Gasteiger partial charge < -0.3 is 10.1 Å². The minimum Gasteiger partial charge on any atom is -0.462 e. The fourth-order valence-corrected chi connectivity index (χ4v) is 4.76. The molecule has 1 N–H and O–H groups in total. The van der Waals surface area contributed by atoms with E-state index < -0.39 is 16.8 Å². The van der Waals surface area contributed by atoms with Crippen LogP contribution in [0.1, 0.15) is 57.8 Å². The molecule has 0 radical (unpaired) electrons. The van der Waals surface area contributed by atoms with Gasteiger partial charge in [0.15, 0.2) is 0 Å². The fraction of sp³-hybridized carbons (Fsp3) is 0.400. The van der Waals surface area contributed by atoms with Crippen molar-refractivity contribution in [2.45, 2.75) is 39.5 Å². The maximum Gasteiger partial charge on any atom is 0.341 e. The third kappa shape index (κ3) is 4.06. The van der Waals surface area contributed by atoms with E-state index in [1.54, 1.807) is 6.92 Å². The van der Waals surface area contributed by atoms with Crippen LogP contribution in [0, 0.1) is 16.0 Å². The molecule has 1 aromatic carbocycles. The van der Waals surface area contributed by atoms with E-state index in [0.717, 1.165) is 36.1 Å². The number of rotatable bonds is 6. The van der Waals surface area contributed by atoms with Crippen molar-refractivity contribution in [3.05, 3.63) is 55.9 Å². The summed E-state index contributed by atoms with van der Waals surface area (Å²) in [5.74, 6) is -0.251. The molecule has 1 atom stereocenters. The summed E-state index contributed by atoms with van der Waals surface area (Å²) >= 11 is 1.43. The summed E-state index contributed by atoms with van der Waals surface area (Å²) in [7, 11) is 0. The van der Waals surface area contributed by atoms with Crippen LogP contribution in [0.15, 0.2) is 24.3 Å². The topological polar surface area (TPSA) is 98.5 Å². The van der Waals surface area contributed by atoms with Gasteiger partial charge in [0.05, 0.1) is 17.1 Å². The lowest BCUT2D eigenvalue weighted by Gasteiger charge is -2.20. The van der Waals surface area contributed by atoms with Gasteiger partial charge >= 0.3 is 5.97 Å². The number of carbonyl (C=O) groups is 2. The summed E-state index contributed by atoms with van der Waals surface area (Å²) in [5.41, 5.74) is 1.64. The van der Waals surface area contributed by atoms with Gasteiger partial charge in [-0.05, 0) is 49.8 Å². The second-order valence-corrected chi connectivity index (χ2v) is 7.81. The first-order valence-electron chi connectivity index (χ1n) is 9.32. The molecular weight excluding hydrogens is 380 g/mol. The summed E-state index contributed by atoms with van der Waals surface area (Å²) in [6.07, 6.45) is 3.79. The number of ether oxygens (including phenoxy) is 1. The van der Waals surface area contributed by atoms with Crippen molar-refractivity contribution in [2.75, 3.05) is 11.9 Å². The summed E-state index contributed by atoms with van der Waals surface area (Å²) in [5, 5.41) is 14.1. The van der Waals surface area contributed by atoms with Gasteiger partial charge in [-0.2, -0.15) is 0 Å². The van der Waals surface area contributed by atoms with E-state index in [0.29, 0.717) is 22.0 Å². The number of nitro benzene ring substituents is 1. The summed E-state index contributed by atoms with van der Waals surface area (Å²) in [6, 6.07) is 5.37. The van der Waals surface area contributed by atoms with Crippen molar-refractivity contribution in [1.82, 2.24) is 0 Å². The van der Waals surface area contributed by atoms with Gasteiger partial charge in [-0.25, -0.2) is 4.79 Å². The predicted octanol–water partition coefficient (Wildman–Crippen LogP) is 4.60. The zero-order valence-corrected chi connectivity index (χ0v) is 16.6. The van der Waals surface area contributed by atoms with Gasteiger partial charge in [0.2, 0.25) is 0 Å². The zero-order chi connectivity index (χ0) is 20.3. The Morgan fingerprint density at radius 1 is 1.29 bits per heavy atom. The Morgan fingerprint density at radius 3 is 2.61 bits per heavy atom.